The van der Waals surface area contributed by atoms with E-state index in [0.29, 0.717) is 6.54 Å². The van der Waals surface area contributed by atoms with Gasteiger partial charge in [-0.05, 0) is 51.6 Å². The normalized spacial score (nSPS) is 24.3. The average molecular weight is 364 g/mol. The van der Waals surface area contributed by atoms with E-state index >= 15 is 0 Å². The number of rotatable bonds is 7. The minimum atomic E-state index is -0.0160. The summed E-state index contributed by atoms with van der Waals surface area (Å²) in [6, 6.07) is 0.426. The van der Waals surface area contributed by atoms with Gasteiger partial charge in [-0.2, -0.15) is 0 Å². The van der Waals surface area contributed by atoms with Crippen LogP contribution in [0.1, 0.15) is 52.4 Å². The lowest BCUT2D eigenvalue weighted by Crippen LogP contribution is -2.41. The summed E-state index contributed by atoms with van der Waals surface area (Å²) in [6.45, 7) is 9.36. The number of nitrogens with one attached hydrogen (secondary N) is 1. The monoisotopic (exact) mass is 363 g/mol. The molecular weight excluding hydrogens is 330 g/mol. The van der Waals surface area contributed by atoms with Crippen LogP contribution in [0.25, 0.3) is 0 Å². The van der Waals surface area contributed by atoms with Gasteiger partial charge in [-0.15, -0.1) is 0 Å². The predicted octanol–water partition coefficient (Wildman–Crippen LogP) is 1.70. The summed E-state index contributed by atoms with van der Waals surface area (Å²) in [5.74, 6) is 0.0723. The lowest BCUT2D eigenvalue weighted by atomic mass is 9.88. The molecule has 26 heavy (non-hydrogen) atoms. The largest absolute Gasteiger partial charge is 0.379 e. The molecule has 3 aliphatic rings. The predicted molar refractivity (Wildman–Crippen MR) is 101 cm³/mol. The molecule has 0 aromatic rings. The molecule has 2 fully saturated rings. The highest BCUT2D eigenvalue weighted by Gasteiger charge is 2.41. The van der Waals surface area contributed by atoms with Crippen LogP contribution in [0.3, 0.4) is 0 Å². The van der Waals surface area contributed by atoms with Crippen LogP contribution in [0.2, 0.25) is 0 Å². The number of hydrogen-bond donors (Lipinski definition) is 1. The van der Waals surface area contributed by atoms with Crippen LogP contribution in [-0.4, -0.2) is 73.1 Å². The summed E-state index contributed by atoms with van der Waals surface area (Å²) >= 11 is 0. The molecule has 1 unspecified atom stereocenters. The molecule has 146 valence electrons. The van der Waals surface area contributed by atoms with Gasteiger partial charge < -0.3 is 15.0 Å². The first-order chi connectivity index (χ1) is 12.6. The van der Waals surface area contributed by atoms with Crippen molar-refractivity contribution in [3.8, 4) is 0 Å². The maximum atomic E-state index is 12.9. The van der Waals surface area contributed by atoms with Crippen molar-refractivity contribution in [1.29, 1.82) is 0 Å². The fourth-order valence-corrected chi connectivity index (χ4v) is 4.45. The number of hydrogen-bond acceptors (Lipinski definition) is 4. The van der Waals surface area contributed by atoms with Crippen molar-refractivity contribution < 1.29 is 14.3 Å². The Morgan fingerprint density at radius 3 is 2.77 bits per heavy atom. The van der Waals surface area contributed by atoms with Gasteiger partial charge in [-0.1, -0.05) is 6.42 Å². The third-order valence-corrected chi connectivity index (χ3v) is 5.76. The van der Waals surface area contributed by atoms with Gasteiger partial charge in [-0.3, -0.25) is 14.5 Å². The Hall–Kier alpha value is -1.40. The van der Waals surface area contributed by atoms with Crippen molar-refractivity contribution in [3.05, 3.63) is 11.1 Å². The summed E-state index contributed by atoms with van der Waals surface area (Å²) in [5, 5.41) is 3.01. The van der Waals surface area contributed by atoms with Gasteiger partial charge in [0, 0.05) is 31.2 Å². The summed E-state index contributed by atoms with van der Waals surface area (Å²) in [4.78, 5) is 29.6. The number of fused-ring (bicyclic) bond motifs is 1. The summed E-state index contributed by atoms with van der Waals surface area (Å²) in [6.07, 6.45) is 5.50. The second kappa shape index (κ2) is 9.00. The zero-order valence-corrected chi connectivity index (χ0v) is 16.3. The molecule has 1 aliphatic carbocycles. The SMILES string of the molecule is CC(C)N1C(=O)C(CC(=O)NCCCN2CCOCC2)=C2CCCCC21. The van der Waals surface area contributed by atoms with Crippen LogP contribution in [0.4, 0.5) is 0 Å². The number of ether oxygens (including phenoxy) is 1. The number of morpholine rings is 1. The highest BCUT2D eigenvalue weighted by Crippen LogP contribution is 2.38. The van der Waals surface area contributed by atoms with Crippen molar-refractivity contribution in [2.45, 2.75) is 64.5 Å². The Kier molecular flexibility index (Phi) is 6.70. The van der Waals surface area contributed by atoms with E-state index in [0.717, 1.165) is 64.1 Å². The van der Waals surface area contributed by atoms with Gasteiger partial charge >= 0.3 is 0 Å². The quantitative estimate of drug-likeness (QED) is 0.700. The molecule has 0 aromatic heterocycles. The van der Waals surface area contributed by atoms with Crippen LogP contribution in [-0.2, 0) is 14.3 Å². The van der Waals surface area contributed by atoms with E-state index in [1.54, 1.807) is 0 Å². The molecule has 2 aliphatic heterocycles. The summed E-state index contributed by atoms with van der Waals surface area (Å²) in [7, 11) is 0. The number of carbonyl (C=O) groups excluding carboxylic acids is 2. The van der Waals surface area contributed by atoms with Crippen molar-refractivity contribution >= 4 is 11.8 Å². The summed E-state index contributed by atoms with van der Waals surface area (Å²) in [5.41, 5.74) is 2.01. The van der Waals surface area contributed by atoms with E-state index < -0.39 is 0 Å². The Morgan fingerprint density at radius 2 is 2.04 bits per heavy atom. The van der Waals surface area contributed by atoms with E-state index in [2.05, 4.69) is 24.1 Å². The highest BCUT2D eigenvalue weighted by molar-refractivity contribution is 6.02. The minimum Gasteiger partial charge on any atom is -0.379 e. The molecule has 2 heterocycles. The lowest BCUT2D eigenvalue weighted by molar-refractivity contribution is -0.130. The van der Waals surface area contributed by atoms with Gasteiger partial charge in [0.25, 0.3) is 5.91 Å². The second-order valence-electron chi connectivity index (χ2n) is 7.91. The van der Waals surface area contributed by atoms with Crippen molar-refractivity contribution in [2.24, 2.45) is 0 Å². The molecule has 6 heteroatoms. The van der Waals surface area contributed by atoms with Crippen LogP contribution < -0.4 is 5.32 Å². The third-order valence-electron chi connectivity index (χ3n) is 5.76. The van der Waals surface area contributed by atoms with Gasteiger partial charge in [0.15, 0.2) is 0 Å². The smallest absolute Gasteiger partial charge is 0.251 e. The van der Waals surface area contributed by atoms with Crippen LogP contribution >= 0.6 is 0 Å². The first kappa shape index (κ1) is 19.4. The van der Waals surface area contributed by atoms with Crippen LogP contribution in [0, 0.1) is 0 Å². The van der Waals surface area contributed by atoms with Crippen molar-refractivity contribution in [1.82, 2.24) is 15.1 Å². The molecule has 1 saturated heterocycles. The van der Waals surface area contributed by atoms with Crippen LogP contribution in [0.5, 0.6) is 0 Å². The van der Waals surface area contributed by atoms with Crippen LogP contribution in [0.15, 0.2) is 11.1 Å². The number of nitrogens with zero attached hydrogens (tertiary/aromatic N) is 2. The Morgan fingerprint density at radius 1 is 1.27 bits per heavy atom. The number of amides is 2. The number of carbonyl (C=O) groups is 2. The zero-order valence-electron chi connectivity index (χ0n) is 16.3. The maximum Gasteiger partial charge on any atom is 0.251 e. The first-order valence-corrected chi connectivity index (χ1v) is 10.2. The third kappa shape index (κ3) is 4.46. The standard InChI is InChI=1S/C20H33N3O3/c1-15(2)23-18-7-4-3-6-16(18)17(20(23)25)14-19(24)21-8-5-9-22-10-12-26-13-11-22/h15,18H,3-14H2,1-2H3,(H,21,24). The highest BCUT2D eigenvalue weighted by atomic mass is 16.5. The van der Waals surface area contributed by atoms with Gasteiger partial charge in [0.1, 0.15) is 0 Å². The maximum absolute atomic E-state index is 12.9. The molecule has 3 rings (SSSR count). The van der Waals surface area contributed by atoms with E-state index in [1.807, 2.05) is 4.90 Å². The molecule has 0 bridgehead atoms. The molecule has 0 radical (unpaired) electrons. The molecule has 0 spiro atoms. The molecule has 2 amide bonds. The Balaban J connectivity index is 1.48. The van der Waals surface area contributed by atoms with Gasteiger partial charge in [0.2, 0.25) is 5.91 Å². The molecule has 6 nitrogen and oxygen atoms in total. The fraction of sp³-hybridized carbons (Fsp3) is 0.800. The zero-order chi connectivity index (χ0) is 18.5. The molecular formula is C20H33N3O3. The summed E-state index contributed by atoms with van der Waals surface area (Å²) < 4.78 is 5.34. The first-order valence-electron chi connectivity index (χ1n) is 10.2. The van der Waals surface area contributed by atoms with E-state index in [9.17, 15) is 9.59 Å². The van der Waals surface area contributed by atoms with Gasteiger partial charge in [0.05, 0.1) is 25.7 Å². The average Bonchev–Trinajstić information content (AvgIpc) is 2.92. The Bertz CT molecular complexity index is 553. The van der Waals surface area contributed by atoms with Gasteiger partial charge in [-0.25, -0.2) is 0 Å². The molecule has 1 saturated carbocycles. The minimum absolute atomic E-state index is 0.0160. The topological polar surface area (TPSA) is 61.9 Å². The molecule has 1 atom stereocenters. The second-order valence-corrected chi connectivity index (χ2v) is 7.91. The van der Waals surface area contributed by atoms with E-state index in [4.69, 9.17) is 4.74 Å². The lowest BCUT2D eigenvalue weighted by Gasteiger charge is -2.33. The van der Waals surface area contributed by atoms with E-state index in [-0.39, 0.29) is 30.3 Å². The van der Waals surface area contributed by atoms with Crippen molar-refractivity contribution in [2.75, 3.05) is 39.4 Å². The molecule has 1 N–H and O–H groups in total. The fourth-order valence-electron chi connectivity index (χ4n) is 4.45. The molecule has 0 aromatic carbocycles. The van der Waals surface area contributed by atoms with Crippen molar-refractivity contribution in [3.63, 3.8) is 0 Å². The van der Waals surface area contributed by atoms with E-state index in [1.165, 1.54) is 12.0 Å². The Labute approximate surface area is 156 Å².